The van der Waals surface area contributed by atoms with Crippen LogP contribution in [0.25, 0.3) is 0 Å². The zero-order valence-electron chi connectivity index (χ0n) is 12.3. The zero-order valence-corrected chi connectivity index (χ0v) is 12.3. The van der Waals surface area contributed by atoms with Crippen LogP contribution in [0.4, 0.5) is 16.2 Å². The molecule has 0 bridgehead atoms. The third-order valence-corrected chi connectivity index (χ3v) is 3.82. The molecular formula is C16H19FN4. The summed E-state index contributed by atoms with van der Waals surface area (Å²) in [5.74, 6) is 1.25. The average molecular weight is 286 g/mol. The predicted molar refractivity (Wildman–Crippen MR) is 82.1 cm³/mol. The summed E-state index contributed by atoms with van der Waals surface area (Å²) in [6.45, 7) is 0. The van der Waals surface area contributed by atoms with E-state index in [4.69, 9.17) is 0 Å². The molecule has 0 saturated heterocycles. The standard InChI is InChI=1S/C16H19FN4/c1-21(2)15-8-9-18-16(20-15)19-14-5-3-4-11-6-7-12(17)10-13(11)14/h6-10,14H,3-5H2,1-2H3,(H,18,19,20). The summed E-state index contributed by atoms with van der Waals surface area (Å²) in [5, 5.41) is 3.34. The number of benzene rings is 1. The molecule has 0 amide bonds. The maximum Gasteiger partial charge on any atom is 0.225 e. The van der Waals surface area contributed by atoms with Crippen LogP contribution >= 0.6 is 0 Å². The van der Waals surface area contributed by atoms with Crippen molar-refractivity contribution in [1.82, 2.24) is 9.97 Å². The fourth-order valence-corrected chi connectivity index (χ4v) is 2.74. The quantitative estimate of drug-likeness (QED) is 0.941. The molecule has 1 aromatic carbocycles. The fraction of sp³-hybridized carbons (Fsp3) is 0.375. The van der Waals surface area contributed by atoms with E-state index in [9.17, 15) is 4.39 Å². The van der Waals surface area contributed by atoms with Gasteiger partial charge < -0.3 is 10.2 Å². The van der Waals surface area contributed by atoms with Gasteiger partial charge in [-0.25, -0.2) is 9.37 Å². The Morgan fingerprint density at radius 3 is 2.95 bits per heavy atom. The van der Waals surface area contributed by atoms with E-state index in [1.54, 1.807) is 12.3 Å². The number of halogens is 1. The minimum atomic E-state index is -0.189. The van der Waals surface area contributed by atoms with E-state index < -0.39 is 0 Å². The highest BCUT2D eigenvalue weighted by molar-refractivity contribution is 5.44. The first kappa shape index (κ1) is 13.8. The molecule has 1 unspecified atom stereocenters. The molecule has 1 heterocycles. The van der Waals surface area contributed by atoms with Gasteiger partial charge in [0, 0.05) is 20.3 Å². The SMILES string of the molecule is CN(C)c1ccnc(NC2CCCc3ccc(F)cc32)n1. The van der Waals surface area contributed by atoms with E-state index in [0.29, 0.717) is 5.95 Å². The van der Waals surface area contributed by atoms with Crippen molar-refractivity contribution in [3.8, 4) is 0 Å². The van der Waals surface area contributed by atoms with E-state index in [0.717, 1.165) is 30.6 Å². The normalized spacial score (nSPS) is 17.2. The molecule has 0 spiro atoms. The molecule has 3 rings (SSSR count). The van der Waals surface area contributed by atoms with Crippen molar-refractivity contribution in [3.05, 3.63) is 47.4 Å². The maximum absolute atomic E-state index is 13.5. The zero-order chi connectivity index (χ0) is 14.8. The van der Waals surface area contributed by atoms with Gasteiger partial charge in [0.05, 0.1) is 6.04 Å². The molecule has 110 valence electrons. The minimum absolute atomic E-state index is 0.0712. The second kappa shape index (κ2) is 5.68. The van der Waals surface area contributed by atoms with E-state index in [1.165, 1.54) is 11.6 Å². The topological polar surface area (TPSA) is 41.1 Å². The van der Waals surface area contributed by atoms with Crippen LogP contribution in [-0.2, 0) is 6.42 Å². The van der Waals surface area contributed by atoms with Crippen LogP contribution in [0.1, 0.15) is 30.0 Å². The first-order valence-corrected chi connectivity index (χ1v) is 7.19. The highest BCUT2D eigenvalue weighted by Gasteiger charge is 2.21. The Hall–Kier alpha value is -2.17. The van der Waals surface area contributed by atoms with Crippen LogP contribution in [0.5, 0.6) is 0 Å². The number of nitrogens with one attached hydrogen (secondary N) is 1. The Morgan fingerprint density at radius 1 is 1.29 bits per heavy atom. The van der Waals surface area contributed by atoms with Crippen molar-refractivity contribution in [1.29, 1.82) is 0 Å². The van der Waals surface area contributed by atoms with E-state index in [1.807, 2.05) is 31.1 Å². The Balaban J connectivity index is 1.86. The van der Waals surface area contributed by atoms with Crippen LogP contribution in [0.3, 0.4) is 0 Å². The number of nitrogens with zero attached hydrogens (tertiary/aromatic N) is 3. The number of hydrogen-bond acceptors (Lipinski definition) is 4. The monoisotopic (exact) mass is 286 g/mol. The molecule has 1 atom stereocenters. The number of hydrogen-bond donors (Lipinski definition) is 1. The Bertz CT molecular complexity index is 642. The molecule has 21 heavy (non-hydrogen) atoms. The highest BCUT2D eigenvalue weighted by Crippen LogP contribution is 2.32. The molecule has 1 aliphatic carbocycles. The molecule has 0 aliphatic heterocycles. The summed E-state index contributed by atoms with van der Waals surface area (Å²) in [4.78, 5) is 10.7. The summed E-state index contributed by atoms with van der Waals surface area (Å²) in [7, 11) is 3.88. The van der Waals surface area contributed by atoms with Crippen molar-refractivity contribution >= 4 is 11.8 Å². The molecule has 0 saturated carbocycles. The third kappa shape index (κ3) is 2.96. The van der Waals surface area contributed by atoms with Gasteiger partial charge in [-0.3, -0.25) is 0 Å². The van der Waals surface area contributed by atoms with Crippen molar-refractivity contribution in [3.63, 3.8) is 0 Å². The molecule has 0 fully saturated rings. The molecule has 2 aromatic rings. The van der Waals surface area contributed by atoms with E-state index in [-0.39, 0.29) is 11.9 Å². The lowest BCUT2D eigenvalue weighted by Gasteiger charge is -2.26. The second-order valence-electron chi connectivity index (χ2n) is 5.57. The molecular weight excluding hydrogens is 267 g/mol. The highest BCUT2D eigenvalue weighted by atomic mass is 19.1. The van der Waals surface area contributed by atoms with Gasteiger partial charge in [0.1, 0.15) is 11.6 Å². The molecule has 1 N–H and O–H groups in total. The first-order chi connectivity index (χ1) is 10.1. The Kier molecular flexibility index (Phi) is 3.73. The molecule has 0 radical (unpaired) electrons. The van der Waals surface area contributed by atoms with Crippen LogP contribution in [0.2, 0.25) is 0 Å². The van der Waals surface area contributed by atoms with Gasteiger partial charge in [0.25, 0.3) is 0 Å². The Morgan fingerprint density at radius 2 is 2.14 bits per heavy atom. The average Bonchev–Trinajstić information content (AvgIpc) is 2.48. The van der Waals surface area contributed by atoms with Crippen LogP contribution < -0.4 is 10.2 Å². The van der Waals surface area contributed by atoms with E-state index in [2.05, 4.69) is 15.3 Å². The van der Waals surface area contributed by atoms with Crippen molar-refractivity contribution < 1.29 is 4.39 Å². The third-order valence-electron chi connectivity index (χ3n) is 3.82. The number of fused-ring (bicyclic) bond motifs is 1. The van der Waals surface area contributed by atoms with Gasteiger partial charge in [0.2, 0.25) is 5.95 Å². The van der Waals surface area contributed by atoms with Gasteiger partial charge in [-0.15, -0.1) is 0 Å². The van der Waals surface area contributed by atoms with Gasteiger partial charge in [-0.1, -0.05) is 6.07 Å². The number of anilines is 2. The summed E-state index contributed by atoms with van der Waals surface area (Å²) in [6.07, 6.45) is 4.79. The van der Waals surface area contributed by atoms with Gasteiger partial charge >= 0.3 is 0 Å². The lowest BCUT2D eigenvalue weighted by Crippen LogP contribution is -2.20. The lowest BCUT2D eigenvalue weighted by atomic mass is 9.87. The summed E-state index contributed by atoms with van der Waals surface area (Å²) in [5.41, 5.74) is 2.24. The largest absolute Gasteiger partial charge is 0.363 e. The summed E-state index contributed by atoms with van der Waals surface area (Å²) < 4.78 is 13.5. The van der Waals surface area contributed by atoms with Crippen molar-refractivity contribution in [2.45, 2.75) is 25.3 Å². The van der Waals surface area contributed by atoms with Gasteiger partial charge in [-0.05, 0) is 48.6 Å². The summed E-state index contributed by atoms with van der Waals surface area (Å²) >= 11 is 0. The van der Waals surface area contributed by atoms with Crippen LogP contribution in [0.15, 0.2) is 30.5 Å². The minimum Gasteiger partial charge on any atom is -0.363 e. The number of rotatable bonds is 3. The smallest absolute Gasteiger partial charge is 0.225 e. The first-order valence-electron chi connectivity index (χ1n) is 7.19. The Labute approximate surface area is 124 Å². The summed E-state index contributed by atoms with van der Waals surface area (Å²) in [6, 6.07) is 6.98. The van der Waals surface area contributed by atoms with Crippen LogP contribution in [-0.4, -0.2) is 24.1 Å². The molecule has 4 nitrogen and oxygen atoms in total. The molecule has 1 aliphatic rings. The van der Waals surface area contributed by atoms with Crippen LogP contribution in [0, 0.1) is 5.82 Å². The van der Waals surface area contributed by atoms with Crippen molar-refractivity contribution in [2.75, 3.05) is 24.3 Å². The molecule has 5 heteroatoms. The second-order valence-corrected chi connectivity index (χ2v) is 5.57. The van der Waals surface area contributed by atoms with Gasteiger partial charge in [-0.2, -0.15) is 4.98 Å². The fourth-order valence-electron chi connectivity index (χ4n) is 2.74. The van der Waals surface area contributed by atoms with Crippen molar-refractivity contribution in [2.24, 2.45) is 0 Å². The maximum atomic E-state index is 13.5. The van der Waals surface area contributed by atoms with Gasteiger partial charge in [0.15, 0.2) is 0 Å². The van der Waals surface area contributed by atoms with E-state index >= 15 is 0 Å². The number of aromatic nitrogens is 2. The predicted octanol–water partition coefficient (Wildman–Crippen LogP) is 3.17. The lowest BCUT2D eigenvalue weighted by molar-refractivity contribution is 0.577. The molecule has 1 aromatic heterocycles. The number of aryl methyl sites for hydroxylation is 1.